The maximum Gasteiger partial charge on any atom is 0.246 e. The van der Waals surface area contributed by atoms with Crippen LogP contribution >= 0.6 is 11.3 Å². The molecule has 8 heteroatoms. The average Bonchev–Trinajstić information content (AvgIpc) is 3.44. The molecule has 1 fully saturated rings. The highest BCUT2D eigenvalue weighted by Crippen LogP contribution is 2.32. The summed E-state index contributed by atoms with van der Waals surface area (Å²) >= 11 is 1.58. The SMILES string of the molecule is O=C(/C=C/c1cnc2sccn12)N1CCN(Cc2ccc3c(c2)OCO3)CC1. The predicted octanol–water partition coefficient (Wildman–Crippen LogP) is 2.48. The van der Waals surface area contributed by atoms with Gasteiger partial charge in [0.25, 0.3) is 0 Å². The Kier molecular flexibility index (Phi) is 4.50. The van der Waals surface area contributed by atoms with Gasteiger partial charge in [-0.25, -0.2) is 4.98 Å². The molecule has 7 nitrogen and oxygen atoms in total. The van der Waals surface area contributed by atoms with E-state index in [0.29, 0.717) is 6.79 Å². The highest BCUT2D eigenvalue weighted by Gasteiger charge is 2.21. The number of carbonyl (C=O) groups is 1. The van der Waals surface area contributed by atoms with Crippen LogP contribution < -0.4 is 9.47 Å². The maximum absolute atomic E-state index is 12.5. The lowest BCUT2D eigenvalue weighted by molar-refractivity contribution is -0.127. The zero-order chi connectivity index (χ0) is 18.9. The number of ether oxygens (including phenoxy) is 2. The number of carbonyl (C=O) groups excluding carboxylic acids is 1. The number of amides is 1. The van der Waals surface area contributed by atoms with Crippen LogP contribution in [0.4, 0.5) is 0 Å². The fraction of sp³-hybridized carbons (Fsp3) is 0.300. The molecule has 1 amide bonds. The third kappa shape index (κ3) is 3.36. The van der Waals surface area contributed by atoms with Gasteiger partial charge in [0.2, 0.25) is 12.7 Å². The molecule has 1 aromatic carbocycles. The molecule has 2 aliphatic rings. The van der Waals surface area contributed by atoms with Crippen molar-refractivity contribution in [3.63, 3.8) is 0 Å². The van der Waals surface area contributed by atoms with Gasteiger partial charge in [-0.05, 0) is 23.8 Å². The van der Waals surface area contributed by atoms with Crippen LogP contribution in [0.1, 0.15) is 11.3 Å². The van der Waals surface area contributed by atoms with Crippen LogP contribution in [0.2, 0.25) is 0 Å². The number of piperazine rings is 1. The van der Waals surface area contributed by atoms with Gasteiger partial charge in [-0.15, -0.1) is 11.3 Å². The van der Waals surface area contributed by atoms with E-state index in [0.717, 1.165) is 54.9 Å². The van der Waals surface area contributed by atoms with Gasteiger partial charge in [0.15, 0.2) is 16.5 Å². The molecule has 2 aliphatic heterocycles. The van der Waals surface area contributed by atoms with Crippen molar-refractivity contribution in [3.05, 3.63) is 53.3 Å². The number of hydrogen-bond acceptors (Lipinski definition) is 6. The first kappa shape index (κ1) is 17.3. The van der Waals surface area contributed by atoms with Crippen LogP contribution in [0.3, 0.4) is 0 Å². The van der Waals surface area contributed by atoms with Gasteiger partial charge in [0.1, 0.15) is 0 Å². The number of benzene rings is 1. The highest BCUT2D eigenvalue weighted by molar-refractivity contribution is 7.15. The molecule has 1 saturated heterocycles. The Balaban J connectivity index is 1.16. The second-order valence-electron chi connectivity index (χ2n) is 6.86. The predicted molar refractivity (Wildman–Crippen MR) is 107 cm³/mol. The van der Waals surface area contributed by atoms with Crippen LogP contribution in [-0.4, -0.2) is 58.1 Å². The Hall–Kier alpha value is -2.84. The average molecular weight is 396 g/mol. The monoisotopic (exact) mass is 396 g/mol. The maximum atomic E-state index is 12.5. The molecule has 144 valence electrons. The van der Waals surface area contributed by atoms with E-state index in [-0.39, 0.29) is 5.91 Å². The Labute approximate surface area is 166 Å². The first-order valence-electron chi connectivity index (χ1n) is 9.25. The van der Waals surface area contributed by atoms with E-state index in [1.807, 2.05) is 39.1 Å². The molecule has 0 bridgehead atoms. The lowest BCUT2D eigenvalue weighted by Gasteiger charge is -2.34. The molecule has 0 spiro atoms. The fourth-order valence-electron chi connectivity index (χ4n) is 3.55. The van der Waals surface area contributed by atoms with Gasteiger partial charge in [-0.2, -0.15) is 0 Å². The van der Waals surface area contributed by atoms with Crippen molar-refractivity contribution in [2.24, 2.45) is 0 Å². The zero-order valence-electron chi connectivity index (χ0n) is 15.3. The molecule has 4 heterocycles. The third-order valence-electron chi connectivity index (χ3n) is 5.10. The summed E-state index contributed by atoms with van der Waals surface area (Å²) in [5, 5.41) is 1.99. The van der Waals surface area contributed by atoms with Crippen LogP contribution in [0.25, 0.3) is 11.0 Å². The molecular formula is C20H20N4O3S. The van der Waals surface area contributed by atoms with Crippen molar-refractivity contribution in [2.75, 3.05) is 33.0 Å². The number of rotatable bonds is 4. The molecular weight excluding hydrogens is 376 g/mol. The lowest BCUT2D eigenvalue weighted by Crippen LogP contribution is -2.47. The van der Waals surface area contributed by atoms with Crippen molar-refractivity contribution < 1.29 is 14.3 Å². The van der Waals surface area contributed by atoms with Crippen LogP contribution in [0, 0.1) is 0 Å². The molecule has 0 radical (unpaired) electrons. The Morgan fingerprint density at radius 3 is 2.93 bits per heavy atom. The van der Waals surface area contributed by atoms with Crippen molar-refractivity contribution >= 4 is 28.3 Å². The van der Waals surface area contributed by atoms with Gasteiger partial charge >= 0.3 is 0 Å². The van der Waals surface area contributed by atoms with Crippen molar-refractivity contribution in [2.45, 2.75) is 6.54 Å². The van der Waals surface area contributed by atoms with Gasteiger partial charge < -0.3 is 14.4 Å². The van der Waals surface area contributed by atoms with E-state index in [4.69, 9.17) is 9.47 Å². The first-order chi connectivity index (χ1) is 13.8. The molecule has 28 heavy (non-hydrogen) atoms. The number of thiazole rings is 1. The van der Waals surface area contributed by atoms with E-state index in [1.165, 1.54) is 5.56 Å². The van der Waals surface area contributed by atoms with Crippen LogP contribution in [0.5, 0.6) is 11.5 Å². The minimum Gasteiger partial charge on any atom is -0.454 e. The lowest BCUT2D eigenvalue weighted by atomic mass is 10.1. The summed E-state index contributed by atoms with van der Waals surface area (Å²) in [6.07, 6.45) is 7.24. The number of nitrogens with zero attached hydrogens (tertiary/aromatic N) is 4. The zero-order valence-corrected chi connectivity index (χ0v) is 16.1. The fourth-order valence-corrected chi connectivity index (χ4v) is 4.25. The first-order valence-corrected chi connectivity index (χ1v) is 10.1. The quantitative estimate of drug-likeness (QED) is 0.634. The smallest absolute Gasteiger partial charge is 0.246 e. The molecule has 0 unspecified atom stereocenters. The molecule has 2 aromatic heterocycles. The van der Waals surface area contributed by atoms with E-state index in [9.17, 15) is 4.79 Å². The molecule has 5 rings (SSSR count). The summed E-state index contributed by atoms with van der Waals surface area (Å²) in [4.78, 5) is 22.0. The topological polar surface area (TPSA) is 59.3 Å². The minimum absolute atomic E-state index is 0.0490. The van der Waals surface area contributed by atoms with E-state index in [2.05, 4.69) is 16.0 Å². The third-order valence-corrected chi connectivity index (χ3v) is 5.87. The van der Waals surface area contributed by atoms with Crippen molar-refractivity contribution in [1.82, 2.24) is 19.2 Å². The minimum atomic E-state index is 0.0490. The summed E-state index contributed by atoms with van der Waals surface area (Å²) in [6.45, 7) is 4.32. The van der Waals surface area contributed by atoms with E-state index < -0.39 is 0 Å². The van der Waals surface area contributed by atoms with Gasteiger partial charge in [-0.1, -0.05) is 6.07 Å². The summed E-state index contributed by atoms with van der Waals surface area (Å²) < 4.78 is 12.8. The Morgan fingerprint density at radius 1 is 1.18 bits per heavy atom. The number of aromatic nitrogens is 2. The number of imidazole rings is 1. The van der Waals surface area contributed by atoms with Gasteiger partial charge in [0.05, 0.1) is 11.9 Å². The Bertz CT molecular complexity index is 1030. The molecule has 0 aliphatic carbocycles. The van der Waals surface area contributed by atoms with E-state index >= 15 is 0 Å². The van der Waals surface area contributed by atoms with Crippen molar-refractivity contribution in [3.8, 4) is 11.5 Å². The highest BCUT2D eigenvalue weighted by atomic mass is 32.1. The molecule has 0 saturated carbocycles. The number of hydrogen-bond donors (Lipinski definition) is 0. The molecule has 3 aromatic rings. The summed E-state index contributed by atoms with van der Waals surface area (Å²) in [7, 11) is 0. The summed E-state index contributed by atoms with van der Waals surface area (Å²) in [5.74, 6) is 1.67. The largest absolute Gasteiger partial charge is 0.454 e. The summed E-state index contributed by atoms with van der Waals surface area (Å²) in [5.41, 5.74) is 2.12. The van der Waals surface area contributed by atoms with Gasteiger partial charge in [-0.3, -0.25) is 14.1 Å². The molecule has 0 N–H and O–H groups in total. The normalized spacial score (nSPS) is 17.1. The van der Waals surface area contributed by atoms with Crippen molar-refractivity contribution in [1.29, 1.82) is 0 Å². The van der Waals surface area contributed by atoms with Gasteiger partial charge in [0, 0.05) is 50.4 Å². The van der Waals surface area contributed by atoms with Crippen LogP contribution in [-0.2, 0) is 11.3 Å². The standard InChI is InChI=1S/C20H20N4O3S/c25-19(4-2-16-12-21-20-24(16)9-10-28-20)23-7-5-22(6-8-23)13-15-1-3-17-18(11-15)27-14-26-17/h1-4,9-12H,5-8,13-14H2/b4-2+. The Morgan fingerprint density at radius 2 is 2.04 bits per heavy atom. The number of fused-ring (bicyclic) bond motifs is 2. The van der Waals surface area contributed by atoms with E-state index in [1.54, 1.807) is 23.6 Å². The second kappa shape index (κ2) is 7.29. The molecule has 0 atom stereocenters. The summed E-state index contributed by atoms with van der Waals surface area (Å²) in [6, 6.07) is 6.08. The second-order valence-corrected chi connectivity index (χ2v) is 7.73. The van der Waals surface area contributed by atoms with Crippen LogP contribution in [0.15, 0.2) is 42.0 Å².